The number of hydrogen-bond donors (Lipinski definition) is 1. The van der Waals surface area contributed by atoms with E-state index in [-0.39, 0.29) is 24.0 Å². The lowest BCUT2D eigenvalue weighted by molar-refractivity contribution is -0.120. The summed E-state index contributed by atoms with van der Waals surface area (Å²) in [4.78, 5) is 33.4. The number of carbonyl (C=O) groups is 1. The minimum Gasteiger partial charge on any atom is -0.423 e. The molecule has 0 fully saturated rings. The molecule has 1 aliphatic carbocycles. The molecule has 0 bridgehead atoms. The second-order valence-electron chi connectivity index (χ2n) is 7.34. The van der Waals surface area contributed by atoms with Gasteiger partial charge in [0.1, 0.15) is 11.3 Å². The fourth-order valence-corrected chi connectivity index (χ4v) is 4.84. The molecule has 2 aromatic carbocycles. The number of benzene rings is 2. The maximum atomic E-state index is 14.1. The summed E-state index contributed by atoms with van der Waals surface area (Å²) in [5.41, 5.74) is 6.58. The molecule has 146 valence electrons. The Morgan fingerprint density at radius 1 is 1.10 bits per heavy atom. The van der Waals surface area contributed by atoms with Crippen molar-refractivity contribution in [1.29, 1.82) is 0 Å². The molecule has 0 saturated heterocycles. The molecule has 0 saturated carbocycles. The van der Waals surface area contributed by atoms with E-state index in [1.54, 1.807) is 23.1 Å². The van der Waals surface area contributed by atoms with Crippen molar-refractivity contribution in [2.24, 2.45) is 0 Å². The Balaban J connectivity index is 1.85. The molecule has 6 rings (SSSR count). The highest BCUT2D eigenvalue weighted by molar-refractivity contribution is 6.19. The standard InChI is InChI=1S/C23H15N3O4/c1-2-11-26-17-13-8-4-6-10-15(13)29-20(27)16(17)23(21(26)28)14-9-5-3-7-12(14)18-19(23)25-22(24)30-18/h2-10H,1,11H2,(H2,24,25). The normalized spacial score (nSPS) is 18.7. The quantitative estimate of drug-likeness (QED) is 0.412. The summed E-state index contributed by atoms with van der Waals surface area (Å²) in [5, 5.41) is 0.668. The van der Waals surface area contributed by atoms with Crippen molar-refractivity contribution in [2.45, 2.75) is 5.41 Å². The number of fused-ring (bicyclic) bond motifs is 9. The molecular formula is C23H15N3O4. The number of anilines is 2. The fraction of sp³-hybridized carbons (Fsp3) is 0.0870. The van der Waals surface area contributed by atoms with Crippen LogP contribution in [0.3, 0.4) is 0 Å². The summed E-state index contributed by atoms with van der Waals surface area (Å²) < 4.78 is 11.3. The largest absolute Gasteiger partial charge is 0.423 e. The van der Waals surface area contributed by atoms with Crippen LogP contribution in [0.25, 0.3) is 22.3 Å². The number of nitrogen functional groups attached to an aromatic ring is 1. The molecular weight excluding hydrogens is 382 g/mol. The van der Waals surface area contributed by atoms with E-state index in [9.17, 15) is 9.59 Å². The van der Waals surface area contributed by atoms with Crippen LogP contribution in [0, 0.1) is 0 Å². The Kier molecular flexibility index (Phi) is 3.06. The Bertz CT molecular complexity index is 1470. The first-order valence-corrected chi connectivity index (χ1v) is 9.45. The van der Waals surface area contributed by atoms with Gasteiger partial charge >= 0.3 is 5.63 Å². The molecule has 1 spiro atoms. The van der Waals surface area contributed by atoms with E-state index in [4.69, 9.17) is 14.6 Å². The lowest BCUT2D eigenvalue weighted by atomic mass is 9.76. The predicted octanol–water partition coefficient (Wildman–Crippen LogP) is 3.21. The molecule has 0 radical (unpaired) electrons. The molecule has 7 nitrogen and oxygen atoms in total. The zero-order chi connectivity index (χ0) is 20.6. The molecule has 1 unspecified atom stereocenters. The number of aromatic nitrogens is 1. The molecule has 2 N–H and O–H groups in total. The first kappa shape index (κ1) is 16.8. The summed E-state index contributed by atoms with van der Waals surface area (Å²) >= 11 is 0. The summed E-state index contributed by atoms with van der Waals surface area (Å²) in [5.74, 6) is 0.0935. The van der Waals surface area contributed by atoms with Gasteiger partial charge in [-0.15, -0.1) is 6.58 Å². The zero-order valence-electron chi connectivity index (χ0n) is 15.7. The van der Waals surface area contributed by atoms with Gasteiger partial charge in [-0.05, 0) is 17.7 Å². The molecule has 1 amide bonds. The van der Waals surface area contributed by atoms with Gasteiger partial charge in [-0.2, -0.15) is 4.98 Å². The highest BCUT2D eigenvalue weighted by atomic mass is 16.4. The zero-order valence-corrected chi connectivity index (χ0v) is 15.7. The van der Waals surface area contributed by atoms with Crippen LogP contribution in [-0.4, -0.2) is 17.4 Å². The highest BCUT2D eigenvalue weighted by Gasteiger charge is 2.63. The van der Waals surface area contributed by atoms with Gasteiger partial charge in [-0.1, -0.05) is 42.5 Å². The van der Waals surface area contributed by atoms with Gasteiger partial charge in [-0.3, -0.25) is 4.79 Å². The number of nitrogens with zero attached hydrogens (tertiary/aromatic N) is 2. The number of carbonyl (C=O) groups excluding carboxylic acids is 1. The number of hydrogen-bond acceptors (Lipinski definition) is 6. The van der Waals surface area contributed by atoms with E-state index in [1.807, 2.05) is 36.4 Å². The van der Waals surface area contributed by atoms with Gasteiger partial charge < -0.3 is 19.5 Å². The first-order valence-electron chi connectivity index (χ1n) is 9.45. The molecule has 1 aliphatic heterocycles. The highest BCUT2D eigenvalue weighted by Crippen LogP contribution is 2.58. The minimum absolute atomic E-state index is 0.0597. The third kappa shape index (κ3) is 1.73. The minimum atomic E-state index is -1.48. The van der Waals surface area contributed by atoms with Crippen molar-refractivity contribution in [3.05, 3.63) is 88.4 Å². The van der Waals surface area contributed by atoms with Crippen LogP contribution in [0.1, 0.15) is 16.8 Å². The van der Waals surface area contributed by atoms with E-state index in [0.29, 0.717) is 39.2 Å². The van der Waals surface area contributed by atoms with Gasteiger partial charge in [-0.25, -0.2) is 4.79 Å². The van der Waals surface area contributed by atoms with Gasteiger partial charge in [0, 0.05) is 17.5 Å². The Morgan fingerprint density at radius 3 is 2.70 bits per heavy atom. The van der Waals surface area contributed by atoms with E-state index >= 15 is 0 Å². The topological polar surface area (TPSA) is 103 Å². The van der Waals surface area contributed by atoms with Crippen molar-refractivity contribution in [2.75, 3.05) is 17.2 Å². The van der Waals surface area contributed by atoms with Crippen LogP contribution in [0.15, 0.2) is 74.8 Å². The van der Waals surface area contributed by atoms with Crippen LogP contribution in [0.4, 0.5) is 11.7 Å². The molecule has 3 heterocycles. The summed E-state index contributed by atoms with van der Waals surface area (Å²) in [7, 11) is 0. The van der Waals surface area contributed by atoms with Gasteiger partial charge in [0.25, 0.3) is 6.01 Å². The van der Waals surface area contributed by atoms with Gasteiger partial charge in [0.05, 0.1) is 11.3 Å². The van der Waals surface area contributed by atoms with Crippen molar-refractivity contribution in [3.63, 3.8) is 0 Å². The second kappa shape index (κ2) is 5.48. The monoisotopic (exact) mass is 397 g/mol. The van der Waals surface area contributed by atoms with Crippen LogP contribution in [0.2, 0.25) is 0 Å². The number of nitrogens with two attached hydrogens (primary N) is 1. The molecule has 30 heavy (non-hydrogen) atoms. The van der Waals surface area contributed by atoms with E-state index < -0.39 is 11.0 Å². The summed E-state index contributed by atoms with van der Waals surface area (Å²) in [6.07, 6.45) is 1.63. The molecule has 2 aromatic heterocycles. The number of para-hydroxylation sites is 1. The van der Waals surface area contributed by atoms with Gasteiger partial charge in [0.2, 0.25) is 5.91 Å². The van der Waals surface area contributed by atoms with Gasteiger partial charge in [0.15, 0.2) is 11.2 Å². The molecule has 1 atom stereocenters. The SMILES string of the molecule is C=CCN1C(=O)C2(c3ccccc3-c3oc(N)nc32)c2c1c1ccccc1oc2=O. The number of amides is 1. The Morgan fingerprint density at radius 2 is 1.87 bits per heavy atom. The van der Waals surface area contributed by atoms with Crippen molar-refractivity contribution in [1.82, 2.24) is 4.98 Å². The first-order chi connectivity index (χ1) is 14.6. The Hall–Kier alpha value is -4.13. The molecule has 4 aromatic rings. The van der Waals surface area contributed by atoms with Crippen LogP contribution in [-0.2, 0) is 10.2 Å². The van der Waals surface area contributed by atoms with E-state index in [1.165, 1.54) is 0 Å². The van der Waals surface area contributed by atoms with Crippen molar-refractivity contribution < 1.29 is 13.6 Å². The van der Waals surface area contributed by atoms with Crippen LogP contribution in [0.5, 0.6) is 0 Å². The summed E-state index contributed by atoms with van der Waals surface area (Å²) in [6.45, 7) is 4.02. The average molecular weight is 397 g/mol. The smallest absolute Gasteiger partial charge is 0.343 e. The molecule has 2 aliphatic rings. The number of oxazole rings is 1. The van der Waals surface area contributed by atoms with Crippen LogP contribution < -0.4 is 16.3 Å². The van der Waals surface area contributed by atoms with E-state index in [2.05, 4.69) is 11.6 Å². The Labute approximate surface area is 170 Å². The molecule has 7 heteroatoms. The number of rotatable bonds is 2. The lowest BCUT2D eigenvalue weighted by Crippen LogP contribution is -2.42. The van der Waals surface area contributed by atoms with Crippen molar-refractivity contribution >= 4 is 28.6 Å². The summed E-state index contributed by atoms with van der Waals surface area (Å²) in [6, 6.07) is 14.4. The van der Waals surface area contributed by atoms with Crippen molar-refractivity contribution in [3.8, 4) is 11.3 Å². The maximum absolute atomic E-state index is 14.1. The van der Waals surface area contributed by atoms with E-state index in [0.717, 1.165) is 0 Å². The lowest BCUT2D eigenvalue weighted by Gasteiger charge is -2.23. The third-order valence-corrected chi connectivity index (χ3v) is 5.88. The second-order valence-corrected chi connectivity index (χ2v) is 7.34. The van der Waals surface area contributed by atoms with Crippen LogP contribution >= 0.6 is 0 Å². The average Bonchev–Trinajstić information content (AvgIpc) is 3.34. The fourth-order valence-electron chi connectivity index (χ4n) is 4.84. The maximum Gasteiger partial charge on any atom is 0.343 e. The third-order valence-electron chi connectivity index (χ3n) is 5.88. The predicted molar refractivity (Wildman–Crippen MR) is 111 cm³/mol.